The summed E-state index contributed by atoms with van der Waals surface area (Å²) in [5, 5.41) is 12.0. The molecule has 0 aromatic heterocycles. The monoisotopic (exact) mass is 434 g/mol. The quantitative estimate of drug-likeness (QED) is 0.201. The summed E-state index contributed by atoms with van der Waals surface area (Å²) < 4.78 is 11.0. The van der Waals surface area contributed by atoms with E-state index >= 15 is 0 Å². The van der Waals surface area contributed by atoms with Crippen LogP contribution in [-0.4, -0.2) is 25.0 Å². The van der Waals surface area contributed by atoms with E-state index in [-0.39, 0.29) is 17.6 Å². The average Bonchev–Trinajstić information content (AvgIpc) is 2.76. The summed E-state index contributed by atoms with van der Waals surface area (Å²) in [6.45, 7) is 8.58. The minimum Gasteiger partial charge on any atom is -0.482 e. The third kappa shape index (κ3) is 7.59. The lowest BCUT2D eigenvalue weighted by molar-refractivity contribution is -0.136. The fourth-order valence-corrected chi connectivity index (χ4v) is 2.93. The first-order chi connectivity index (χ1) is 15.2. The van der Waals surface area contributed by atoms with Gasteiger partial charge in [0.1, 0.15) is 23.1 Å². The first kappa shape index (κ1) is 24.7. The van der Waals surface area contributed by atoms with Crippen LogP contribution < -0.4 is 14.8 Å². The van der Waals surface area contributed by atoms with Crippen molar-refractivity contribution in [1.29, 1.82) is 5.26 Å². The molecule has 0 aliphatic carbocycles. The Morgan fingerprint density at radius 3 is 2.41 bits per heavy atom. The lowest BCUT2D eigenvalue weighted by Gasteiger charge is -2.22. The van der Waals surface area contributed by atoms with Crippen LogP contribution in [0.5, 0.6) is 11.5 Å². The maximum atomic E-state index is 12.2. The lowest BCUT2D eigenvalue weighted by Crippen LogP contribution is -2.25. The van der Waals surface area contributed by atoms with Gasteiger partial charge >= 0.3 is 5.97 Å². The second-order valence-electron chi connectivity index (χ2n) is 8.36. The number of benzene rings is 2. The van der Waals surface area contributed by atoms with Crippen LogP contribution in [0.15, 0.2) is 54.1 Å². The predicted molar refractivity (Wildman–Crippen MR) is 124 cm³/mol. The van der Waals surface area contributed by atoms with Crippen LogP contribution in [0.4, 0.5) is 0 Å². The van der Waals surface area contributed by atoms with Crippen molar-refractivity contribution in [1.82, 2.24) is 5.32 Å². The Morgan fingerprint density at radius 2 is 1.78 bits per heavy atom. The number of nitriles is 1. The molecule has 0 saturated heterocycles. The van der Waals surface area contributed by atoms with Gasteiger partial charge in [0.2, 0.25) is 0 Å². The highest BCUT2D eigenvalue weighted by molar-refractivity contribution is 6.01. The zero-order valence-corrected chi connectivity index (χ0v) is 19.1. The molecule has 0 spiro atoms. The van der Waals surface area contributed by atoms with Crippen molar-refractivity contribution in [2.24, 2.45) is 0 Å². The number of nitrogens with one attached hydrogen (secondary N) is 1. The number of amides is 1. The van der Waals surface area contributed by atoms with Gasteiger partial charge in [0.15, 0.2) is 6.61 Å². The predicted octanol–water partition coefficient (Wildman–Crippen LogP) is 4.79. The van der Waals surface area contributed by atoms with Crippen molar-refractivity contribution in [3.05, 3.63) is 65.2 Å². The molecule has 168 valence electrons. The van der Waals surface area contributed by atoms with E-state index in [0.29, 0.717) is 23.6 Å². The second-order valence-corrected chi connectivity index (χ2v) is 8.36. The summed E-state index contributed by atoms with van der Waals surface area (Å²) >= 11 is 0. The maximum Gasteiger partial charge on any atom is 0.349 e. The fourth-order valence-electron chi connectivity index (χ4n) is 2.93. The Labute approximate surface area is 189 Å². The van der Waals surface area contributed by atoms with Gasteiger partial charge in [0.25, 0.3) is 5.91 Å². The van der Waals surface area contributed by atoms with E-state index in [9.17, 15) is 14.9 Å². The average molecular weight is 435 g/mol. The molecule has 0 aliphatic rings. The molecule has 0 fully saturated rings. The molecule has 2 aromatic rings. The van der Waals surface area contributed by atoms with E-state index in [2.05, 4.69) is 26.1 Å². The second kappa shape index (κ2) is 11.7. The molecule has 32 heavy (non-hydrogen) atoms. The molecule has 6 nitrogen and oxygen atoms in total. The van der Waals surface area contributed by atoms with Crippen LogP contribution in [0.2, 0.25) is 0 Å². The van der Waals surface area contributed by atoms with Gasteiger partial charge in [-0.3, -0.25) is 4.79 Å². The number of carbonyl (C=O) groups is 2. The molecule has 0 unspecified atom stereocenters. The van der Waals surface area contributed by atoms with Crippen molar-refractivity contribution >= 4 is 18.0 Å². The van der Waals surface area contributed by atoms with E-state index in [1.807, 2.05) is 37.3 Å². The van der Waals surface area contributed by atoms with Crippen molar-refractivity contribution in [2.45, 2.75) is 46.0 Å². The highest BCUT2D eigenvalue weighted by atomic mass is 16.6. The highest BCUT2D eigenvalue weighted by Crippen LogP contribution is 2.30. The van der Waals surface area contributed by atoms with Gasteiger partial charge in [-0.1, -0.05) is 64.4 Å². The Balaban J connectivity index is 1.96. The van der Waals surface area contributed by atoms with E-state index in [0.717, 1.165) is 18.4 Å². The van der Waals surface area contributed by atoms with Gasteiger partial charge < -0.3 is 14.8 Å². The summed E-state index contributed by atoms with van der Waals surface area (Å²) in [4.78, 5) is 24.3. The number of unbranched alkanes of at least 4 members (excludes halogenated alkanes) is 1. The summed E-state index contributed by atoms with van der Waals surface area (Å²) in [5.74, 6) is 0.0820. The van der Waals surface area contributed by atoms with Gasteiger partial charge in [0.05, 0.1) is 0 Å². The zero-order valence-electron chi connectivity index (χ0n) is 19.1. The third-order valence-corrected chi connectivity index (χ3v) is 4.64. The number of para-hydroxylation sites is 1. The molecular formula is C26H30N2O4. The number of esters is 1. The molecule has 0 bridgehead atoms. The number of ether oxygens (including phenoxy) is 2. The van der Waals surface area contributed by atoms with E-state index in [1.54, 1.807) is 24.3 Å². The van der Waals surface area contributed by atoms with E-state index < -0.39 is 11.9 Å². The smallest absolute Gasteiger partial charge is 0.349 e. The standard InChI is InChI=1S/C26H30N2O4/c1-5-6-15-28-25(30)20(17-27)16-19-11-13-21(14-12-19)32-24(29)18-31-23-10-8-7-9-22(23)26(2,3)4/h7-14,16H,5-6,15,18H2,1-4H3,(H,28,30)/b20-16+. The summed E-state index contributed by atoms with van der Waals surface area (Å²) in [6, 6.07) is 16.1. The van der Waals surface area contributed by atoms with Crippen molar-refractivity contribution in [3.63, 3.8) is 0 Å². The minimum absolute atomic E-state index is 0.0248. The normalized spacial score (nSPS) is 11.4. The molecule has 0 radical (unpaired) electrons. The van der Waals surface area contributed by atoms with Gasteiger partial charge in [-0.15, -0.1) is 0 Å². The van der Waals surface area contributed by atoms with Crippen molar-refractivity contribution in [3.8, 4) is 17.6 Å². The van der Waals surface area contributed by atoms with Gasteiger partial charge in [-0.2, -0.15) is 5.26 Å². The van der Waals surface area contributed by atoms with Crippen molar-refractivity contribution < 1.29 is 19.1 Å². The Hall–Kier alpha value is -3.59. The van der Waals surface area contributed by atoms with Gasteiger partial charge in [-0.05, 0) is 47.2 Å². The zero-order chi connectivity index (χ0) is 23.6. The molecule has 2 rings (SSSR count). The number of carbonyl (C=O) groups excluding carboxylic acids is 2. The van der Waals surface area contributed by atoms with Crippen molar-refractivity contribution in [2.75, 3.05) is 13.2 Å². The maximum absolute atomic E-state index is 12.2. The molecule has 0 aliphatic heterocycles. The highest BCUT2D eigenvalue weighted by Gasteiger charge is 2.19. The van der Waals surface area contributed by atoms with E-state index in [4.69, 9.17) is 9.47 Å². The largest absolute Gasteiger partial charge is 0.482 e. The molecule has 1 N–H and O–H groups in total. The van der Waals surface area contributed by atoms with Crippen LogP contribution in [0.3, 0.4) is 0 Å². The Morgan fingerprint density at radius 1 is 1.09 bits per heavy atom. The molecule has 0 saturated carbocycles. The lowest BCUT2D eigenvalue weighted by atomic mass is 9.86. The molecule has 0 atom stereocenters. The Bertz CT molecular complexity index is 996. The topological polar surface area (TPSA) is 88.4 Å². The number of rotatable bonds is 9. The molecule has 0 heterocycles. The SMILES string of the molecule is CCCCNC(=O)/C(C#N)=C/c1ccc(OC(=O)COc2ccccc2C(C)(C)C)cc1. The molecule has 2 aromatic carbocycles. The fraction of sp³-hybridized carbons (Fsp3) is 0.346. The Kier molecular flexibility index (Phi) is 9.03. The van der Waals surface area contributed by atoms with Gasteiger partial charge in [0, 0.05) is 6.54 Å². The van der Waals surface area contributed by atoms with Crippen LogP contribution in [0, 0.1) is 11.3 Å². The summed E-state index contributed by atoms with van der Waals surface area (Å²) in [7, 11) is 0. The molecular weight excluding hydrogens is 404 g/mol. The van der Waals surface area contributed by atoms with Crippen LogP contribution in [0.1, 0.15) is 51.7 Å². The van der Waals surface area contributed by atoms with Crippen LogP contribution >= 0.6 is 0 Å². The van der Waals surface area contributed by atoms with E-state index in [1.165, 1.54) is 6.08 Å². The number of hydrogen-bond acceptors (Lipinski definition) is 5. The first-order valence-corrected chi connectivity index (χ1v) is 10.7. The summed E-state index contributed by atoms with van der Waals surface area (Å²) in [6.07, 6.45) is 3.32. The molecule has 6 heteroatoms. The molecule has 1 amide bonds. The van der Waals surface area contributed by atoms with Gasteiger partial charge in [-0.25, -0.2) is 4.79 Å². The summed E-state index contributed by atoms with van der Waals surface area (Å²) in [5.41, 5.74) is 1.58. The number of hydrogen-bond donors (Lipinski definition) is 1. The first-order valence-electron chi connectivity index (χ1n) is 10.7. The van der Waals surface area contributed by atoms with Crippen LogP contribution in [-0.2, 0) is 15.0 Å². The number of nitrogens with zero attached hydrogens (tertiary/aromatic N) is 1. The van der Waals surface area contributed by atoms with Crippen LogP contribution in [0.25, 0.3) is 6.08 Å². The third-order valence-electron chi connectivity index (χ3n) is 4.64. The minimum atomic E-state index is -0.523.